The maximum atomic E-state index is 9.72. The molecule has 0 bridgehead atoms. The summed E-state index contributed by atoms with van der Waals surface area (Å²) in [5, 5.41) is 48.3. The van der Waals surface area contributed by atoms with Crippen molar-refractivity contribution < 1.29 is 49.8 Å². The molecule has 0 unspecified atom stereocenters. The number of carbonyl (C=O) groups is 4. The van der Waals surface area contributed by atoms with Crippen LogP contribution in [0.3, 0.4) is 0 Å². The molecule has 0 heterocycles. The van der Waals surface area contributed by atoms with Crippen molar-refractivity contribution in [1.82, 2.24) is 0 Å². The first-order valence-corrected chi connectivity index (χ1v) is 4.33. The third-order valence-electron chi connectivity index (χ3n) is 1.31. The lowest BCUT2D eigenvalue weighted by atomic mass is 10.3. The van der Waals surface area contributed by atoms with E-state index in [1.807, 2.05) is 0 Å². The van der Waals surface area contributed by atoms with Crippen molar-refractivity contribution in [3.63, 3.8) is 0 Å². The average molecular weight is 268 g/mol. The van der Waals surface area contributed by atoms with Gasteiger partial charge in [0.05, 0.1) is 12.8 Å². The molecule has 0 saturated carbocycles. The van der Waals surface area contributed by atoms with Gasteiger partial charge in [0.15, 0.2) is 12.2 Å². The summed E-state index contributed by atoms with van der Waals surface area (Å²) < 4.78 is 0. The van der Waals surface area contributed by atoms with E-state index in [4.69, 9.17) is 30.6 Å². The molecule has 0 aromatic carbocycles. The van der Waals surface area contributed by atoms with Crippen LogP contribution in [0.15, 0.2) is 0 Å². The lowest BCUT2D eigenvalue weighted by Crippen LogP contribution is -2.22. The molecule has 10 nitrogen and oxygen atoms in total. The van der Waals surface area contributed by atoms with E-state index < -0.39 is 48.9 Å². The Labute approximate surface area is 99.7 Å². The molecule has 0 aliphatic rings. The Hall–Kier alpha value is -2.20. The third kappa shape index (κ3) is 11.9. The zero-order chi connectivity index (χ0) is 14.9. The summed E-state index contributed by atoms with van der Waals surface area (Å²) in [6, 6.07) is 0. The molecule has 0 aliphatic carbocycles. The van der Waals surface area contributed by atoms with Crippen molar-refractivity contribution >= 4 is 23.9 Å². The second-order valence-corrected chi connectivity index (χ2v) is 2.90. The van der Waals surface area contributed by atoms with Crippen molar-refractivity contribution in [3.8, 4) is 0 Å². The van der Waals surface area contributed by atoms with Gasteiger partial charge in [0.2, 0.25) is 0 Å². The molecule has 0 aliphatic heterocycles. The highest BCUT2D eigenvalue weighted by Gasteiger charge is 2.16. The summed E-state index contributed by atoms with van der Waals surface area (Å²) in [5.41, 5.74) is 0. The molecule has 18 heavy (non-hydrogen) atoms. The summed E-state index contributed by atoms with van der Waals surface area (Å²) in [7, 11) is 0. The van der Waals surface area contributed by atoms with Gasteiger partial charge in [0, 0.05) is 0 Å². The SMILES string of the molecule is O=C(O)C[C@H](O)C(=O)O.O=C(O)C[C@H](O)C(=O)O. The van der Waals surface area contributed by atoms with Gasteiger partial charge in [-0.15, -0.1) is 0 Å². The topological polar surface area (TPSA) is 190 Å². The number of carboxylic acid groups (broad SMARTS) is 4. The van der Waals surface area contributed by atoms with Gasteiger partial charge in [0.25, 0.3) is 0 Å². The summed E-state index contributed by atoms with van der Waals surface area (Å²) in [4.78, 5) is 38.8. The number of hydrogen-bond acceptors (Lipinski definition) is 6. The first-order valence-electron chi connectivity index (χ1n) is 4.33. The van der Waals surface area contributed by atoms with Crippen molar-refractivity contribution in [2.45, 2.75) is 25.0 Å². The number of aliphatic hydroxyl groups is 2. The molecule has 0 fully saturated rings. The van der Waals surface area contributed by atoms with Crippen LogP contribution in [0.25, 0.3) is 0 Å². The molecule has 10 heteroatoms. The van der Waals surface area contributed by atoms with Crippen molar-refractivity contribution in [1.29, 1.82) is 0 Å². The van der Waals surface area contributed by atoms with Crippen LogP contribution in [0, 0.1) is 0 Å². The van der Waals surface area contributed by atoms with Crippen LogP contribution in [0.4, 0.5) is 0 Å². The molecule has 6 N–H and O–H groups in total. The number of aliphatic hydroxyl groups excluding tert-OH is 2. The average Bonchev–Trinajstić information content (AvgIpc) is 2.16. The molecule has 0 aromatic rings. The van der Waals surface area contributed by atoms with E-state index in [9.17, 15) is 19.2 Å². The fourth-order valence-corrected chi connectivity index (χ4v) is 0.505. The maximum Gasteiger partial charge on any atom is 0.333 e. The number of rotatable bonds is 6. The predicted molar refractivity (Wildman–Crippen MR) is 51.8 cm³/mol. The second kappa shape index (κ2) is 8.90. The highest BCUT2D eigenvalue weighted by atomic mass is 16.4. The van der Waals surface area contributed by atoms with Crippen LogP contribution < -0.4 is 0 Å². The first kappa shape index (κ1) is 18.2. The summed E-state index contributed by atoms with van der Waals surface area (Å²) in [6.45, 7) is 0. The highest BCUT2D eigenvalue weighted by molar-refractivity contribution is 5.79. The van der Waals surface area contributed by atoms with Gasteiger partial charge in [-0.1, -0.05) is 0 Å². The van der Waals surface area contributed by atoms with Crippen LogP contribution in [-0.4, -0.2) is 66.7 Å². The molecular weight excluding hydrogens is 256 g/mol. The Morgan fingerprint density at radius 3 is 0.944 bits per heavy atom. The van der Waals surface area contributed by atoms with Crippen LogP contribution >= 0.6 is 0 Å². The van der Waals surface area contributed by atoms with Gasteiger partial charge < -0.3 is 30.6 Å². The molecule has 0 rings (SSSR count). The highest BCUT2D eigenvalue weighted by Crippen LogP contribution is 1.90. The largest absolute Gasteiger partial charge is 0.481 e. The summed E-state index contributed by atoms with van der Waals surface area (Å²) >= 11 is 0. The Morgan fingerprint density at radius 1 is 0.667 bits per heavy atom. The smallest absolute Gasteiger partial charge is 0.333 e. The molecule has 0 spiro atoms. The van der Waals surface area contributed by atoms with Gasteiger partial charge >= 0.3 is 23.9 Å². The molecule has 2 atom stereocenters. The van der Waals surface area contributed by atoms with Gasteiger partial charge in [-0.3, -0.25) is 9.59 Å². The quantitative estimate of drug-likeness (QED) is 0.308. The Kier molecular flexibility index (Phi) is 8.98. The molecular formula is C8H12O10. The van der Waals surface area contributed by atoms with Crippen LogP contribution in [0.2, 0.25) is 0 Å². The van der Waals surface area contributed by atoms with E-state index in [-0.39, 0.29) is 0 Å². The summed E-state index contributed by atoms with van der Waals surface area (Å²) in [6.07, 6.45) is -5.09. The normalized spacial score (nSPS) is 12.6. The van der Waals surface area contributed by atoms with Gasteiger partial charge in [-0.25, -0.2) is 9.59 Å². The van der Waals surface area contributed by atoms with E-state index in [1.54, 1.807) is 0 Å². The van der Waals surface area contributed by atoms with Crippen LogP contribution in [-0.2, 0) is 19.2 Å². The minimum Gasteiger partial charge on any atom is -0.481 e. The van der Waals surface area contributed by atoms with E-state index in [0.29, 0.717) is 0 Å². The van der Waals surface area contributed by atoms with Crippen molar-refractivity contribution in [2.24, 2.45) is 0 Å². The van der Waals surface area contributed by atoms with Gasteiger partial charge in [0.1, 0.15) is 0 Å². The Morgan fingerprint density at radius 2 is 0.889 bits per heavy atom. The predicted octanol–water partition coefficient (Wildman–Crippen LogP) is -2.19. The first-order chi connectivity index (χ1) is 8.07. The second-order valence-electron chi connectivity index (χ2n) is 2.90. The number of hydrogen-bond donors (Lipinski definition) is 6. The fraction of sp³-hybridized carbons (Fsp3) is 0.500. The molecule has 104 valence electrons. The minimum absolute atomic E-state index is 0.755. The number of aliphatic carboxylic acids is 4. The third-order valence-corrected chi connectivity index (χ3v) is 1.31. The van der Waals surface area contributed by atoms with E-state index in [2.05, 4.69) is 0 Å². The molecule has 0 saturated heterocycles. The van der Waals surface area contributed by atoms with E-state index in [0.717, 1.165) is 0 Å². The standard InChI is InChI=1S/2C4H6O5/c2*5-2(4(8)9)1-3(6)7/h2*2,5H,1H2,(H,6,7)(H,8,9)/t2*2-/m00/s1. The maximum absolute atomic E-state index is 9.72. The zero-order valence-corrected chi connectivity index (χ0v) is 8.89. The zero-order valence-electron chi connectivity index (χ0n) is 8.89. The van der Waals surface area contributed by atoms with Gasteiger partial charge in [-0.05, 0) is 0 Å². The van der Waals surface area contributed by atoms with Crippen LogP contribution in [0.1, 0.15) is 12.8 Å². The monoisotopic (exact) mass is 268 g/mol. The molecule has 0 aromatic heterocycles. The number of carboxylic acids is 4. The van der Waals surface area contributed by atoms with Gasteiger partial charge in [-0.2, -0.15) is 0 Å². The summed E-state index contributed by atoms with van der Waals surface area (Å²) in [5.74, 6) is -5.69. The lowest BCUT2D eigenvalue weighted by molar-refractivity contribution is -0.153. The van der Waals surface area contributed by atoms with E-state index >= 15 is 0 Å². The van der Waals surface area contributed by atoms with E-state index in [1.165, 1.54) is 0 Å². The van der Waals surface area contributed by atoms with Crippen LogP contribution in [0.5, 0.6) is 0 Å². The Bertz CT molecular complexity index is 290. The minimum atomic E-state index is -1.79. The van der Waals surface area contributed by atoms with Crippen molar-refractivity contribution in [3.05, 3.63) is 0 Å². The fourth-order valence-electron chi connectivity index (χ4n) is 0.505. The molecule has 0 radical (unpaired) electrons. The van der Waals surface area contributed by atoms with Crippen molar-refractivity contribution in [2.75, 3.05) is 0 Å². The molecule has 0 amide bonds. The Balaban J connectivity index is 0. The lowest BCUT2D eigenvalue weighted by Gasteiger charge is -1.97.